The van der Waals surface area contributed by atoms with E-state index in [4.69, 9.17) is 0 Å². The fourth-order valence-electron chi connectivity index (χ4n) is 6.66. The van der Waals surface area contributed by atoms with E-state index in [-0.39, 0.29) is 28.4 Å². The highest BCUT2D eigenvalue weighted by molar-refractivity contribution is 5.60. The van der Waals surface area contributed by atoms with Crippen LogP contribution in [0.3, 0.4) is 0 Å². The van der Waals surface area contributed by atoms with Gasteiger partial charge in [-0.05, 0) is 94.4 Å². The molecule has 7 aromatic carbocycles. The third-order valence-corrected chi connectivity index (χ3v) is 9.25. The van der Waals surface area contributed by atoms with Crippen molar-refractivity contribution < 1.29 is 20.4 Å². The van der Waals surface area contributed by atoms with Gasteiger partial charge in [-0.3, -0.25) is 0 Å². The molecule has 0 aliphatic rings. The van der Waals surface area contributed by atoms with Crippen LogP contribution < -0.4 is 0 Å². The van der Waals surface area contributed by atoms with E-state index in [0.717, 1.165) is 38.9 Å². The standard InChI is InChI=1S/C25H20O2.C20H18O2/c26-23-15-11-21(12-16-23)25(19-7-3-1-4-8-19,20-9-5-2-6-10-20)22-13-17-24(27)18-14-22;1-20(15-5-3-2-4-6-15,16-7-11-18(21)12-8-16)17-9-13-19(22)14-10-17/h1-18,26-27H;2-14,21-22H,1H3. The lowest BCUT2D eigenvalue weighted by Gasteiger charge is -2.36. The van der Waals surface area contributed by atoms with Gasteiger partial charge in [-0.15, -0.1) is 0 Å². The molecule has 7 rings (SSSR count). The maximum absolute atomic E-state index is 9.84. The zero-order valence-electron chi connectivity index (χ0n) is 27.2. The topological polar surface area (TPSA) is 80.9 Å². The average Bonchev–Trinajstić information content (AvgIpc) is 3.15. The van der Waals surface area contributed by atoms with E-state index in [1.807, 2.05) is 103 Å². The van der Waals surface area contributed by atoms with E-state index >= 15 is 0 Å². The van der Waals surface area contributed by atoms with Crippen molar-refractivity contribution in [2.75, 3.05) is 0 Å². The van der Waals surface area contributed by atoms with E-state index in [1.165, 1.54) is 0 Å². The highest BCUT2D eigenvalue weighted by atomic mass is 16.3. The van der Waals surface area contributed by atoms with Crippen molar-refractivity contribution in [3.8, 4) is 23.0 Å². The third-order valence-electron chi connectivity index (χ3n) is 9.25. The normalized spacial score (nSPS) is 11.3. The molecule has 0 fully saturated rings. The van der Waals surface area contributed by atoms with Crippen LogP contribution in [0.2, 0.25) is 0 Å². The summed E-state index contributed by atoms with van der Waals surface area (Å²) in [6.07, 6.45) is 0. The molecule has 0 saturated carbocycles. The molecule has 7 aromatic rings. The van der Waals surface area contributed by atoms with Crippen LogP contribution >= 0.6 is 0 Å². The van der Waals surface area contributed by atoms with E-state index < -0.39 is 5.41 Å². The SMILES string of the molecule is CC(c1ccccc1)(c1ccc(O)cc1)c1ccc(O)cc1.Oc1ccc(C(c2ccccc2)(c2ccccc2)c2ccc(O)cc2)cc1. The predicted octanol–water partition coefficient (Wildman–Crippen LogP) is 9.93. The molecule has 4 nitrogen and oxygen atoms in total. The van der Waals surface area contributed by atoms with Crippen molar-refractivity contribution >= 4 is 0 Å². The summed E-state index contributed by atoms with van der Waals surface area (Å²) in [6, 6.07) is 60.2. The molecule has 0 spiro atoms. The summed E-state index contributed by atoms with van der Waals surface area (Å²) < 4.78 is 0. The maximum Gasteiger partial charge on any atom is 0.115 e. The van der Waals surface area contributed by atoms with Gasteiger partial charge in [-0.1, -0.05) is 140 Å². The van der Waals surface area contributed by atoms with Gasteiger partial charge in [0, 0.05) is 5.41 Å². The van der Waals surface area contributed by atoms with E-state index in [9.17, 15) is 20.4 Å². The Kier molecular flexibility index (Phi) is 9.50. The van der Waals surface area contributed by atoms with Gasteiger partial charge in [-0.25, -0.2) is 0 Å². The Balaban J connectivity index is 0.000000174. The second-order valence-corrected chi connectivity index (χ2v) is 12.2. The molecular weight excluding hydrogens is 604 g/mol. The van der Waals surface area contributed by atoms with Crippen molar-refractivity contribution in [2.45, 2.75) is 17.8 Å². The number of hydrogen-bond donors (Lipinski definition) is 4. The Morgan fingerprint density at radius 3 is 0.755 bits per heavy atom. The monoisotopic (exact) mass is 642 g/mol. The highest BCUT2D eigenvalue weighted by Gasteiger charge is 2.38. The number of phenolic OH excluding ortho intramolecular Hbond substituents is 4. The molecule has 49 heavy (non-hydrogen) atoms. The Bertz CT molecular complexity index is 1920. The Morgan fingerprint density at radius 2 is 0.469 bits per heavy atom. The summed E-state index contributed by atoms with van der Waals surface area (Å²) in [7, 11) is 0. The van der Waals surface area contributed by atoms with Gasteiger partial charge in [0.25, 0.3) is 0 Å². The second kappa shape index (κ2) is 14.2. The molecule has 0 bridgehead atoms. The molecule has 0 saturated heterocycles. The molecule has 0 amide bonds. The third kappa shape index (κ3) is 6.63. The molecule has 0 atom stereocenters. The van der Waals surface area contributed by atoms with Gasteiger partial charge in [0.05, 0.1) is 5.41 Å². The first-order chi connectivity index (χ1) is 23.8. The Labute approximate surface area is 287 Å². The van der Waals surface area contributed by atoms with E-state index in [0.29, 0.717) is 0 Å². The summed E-state index contributed by atoms with van der Waals surface area (Å²) in [6.45, 7) is 2.15. The van der Waals surface area contributed by atoms with Gasteiger partial charge >= 0.3 is 0 Å². The van der Waals surface area contributed by atoms with Gasteiger partial charge < -0.3 is 20.4 Å². The minimum atomic E-state index is -0.566. The lowest BCUT2D eigenvalue weighted by atomic mass is 9.65. The van der Waals surface area contributed by atoms with Crippen LogP contribution in [0, 0.1) is 0 Å². The summed E-state index contributed by atoms with van der Waals surface area (Å²) in [5, 5.41) is 38.8. The molecular formula is C45H38O4. The largest absolute Gasteiger partial charge is 0.508 e. The quantitative estimate of drug-likeness (QED) is 0.131. The number of phenols is 4. The lowest BCUT2D eigenvalue weighted by Crippen LogP contribution is -2.30. The fourth-order valence-corrected chi connectivity index (χ4v) is 6.66. The van der Waals surface area contributed by atoms with Crippen LogP contribution in [0.1, 0.15) is 45.9 Å². The Morgan fingerprint density at radius 1 is 0.265 bits per heavy atom. The summed E-state index contributed by atoms with van der Waals surface area (Å²) in [4.78, 5) is 0. The number of rotatable bonds is 7. The second-order valence-electron chi connectivity index (χ2n) is 12.2. The fraction of sp³-hybridized carbons (Fsp3) is 0.0667. The first-order valence-electron chi connectivity index (χ1n) is 16.2. The van der Waals surface area contributed by atoms with Crippen molar-refractivity contribution in [1.82, 2.24) is 0 Å². The molecule has 0 aliphatic carbocycles. The number of hydrogen-bond acceptors (Lipinski definition) is 4. The van der Waals surface area contributed by atoms with Crippen LogP contribution in [0.4, 0.5) is 0 Å². The summed E-state index contributed by atoms with van der Waals surface area (Å²) >= 11 is 0. The summed E-state index contributed by atoms with van der Waals surface area (Å²) in [5.74, 6) is 0.980. The van der Waals surface area contributed by atoms with Crippen molar-refractivity contribution in [1.29, 1.82) is 0 Å². The summed E-state index contributed by atoms with van der Waals surface area (Å²) in [5.41, 5.74) is 6.73. The van der Waals surface area contributed by atoms with Crippen LogP contribution in [-0.2, 0) is 10.8 Å². The van der Waals surface area contributed by atoms with E-state index in [2.05, 4.69) is 43.3 Å². The van der Waals surface area contributed by atoms with Crippen LogP contribution in [0.25, 0.3) is 0 Å². The predicted molar refractivity (Wildman–Crippen MR) is 196 cm³/mol. The molecule has 0 aromatic heterocycles. The molecule has 4 N–H and O–H groups in total. The van der Waals surface area contributed by atoms with Crippen molar-refractivity contribution in [3.05, 3.63) is 227 Å². The molecule has 4 heteroatoms. The maximum atomic E-state index is 9.84. The molecule has 0 heterocycles. The zero-order valence-corrected chi connectivity index (χ0v) is 27.2. The average molecular weight is 643 g/mol. The number of benzene rings is 7. The lowest BCUT2D eigenvalue weighted by molar-refractivity contribution is 0.473. The van der Waals surface area contributed by atoms with E-state index in [1.54, 1.807) is 48.5 Å². The van der Waals surface area contributed by atoms with Gasteiger partial charge in [0.2, 0.25) is 0 Å². The zero-order chi connectivity index (χ0) is 34.3. The Hall–Kier alpha value is -6.26. The van der Waals surface area contributed by atoms with Gasteiger partial charge in [-0.2, -0.15) is 0 Å². The first-order valence-corrected chi connectivity index (χ1v) is 16.2. The van der Waals surface area contributed by atoms with Gasteiger partial charge in [0.1, 0.15) is 23.0 Å². The smallest absolute Gasteiger partial charge is 0.115 e. The first kappa shape index (κ1) is 32.7. The van der Waals surface area contributed by atoms with Crippen LogP contribution in [0.15, 0.2) is 188 Å². The minimum absolute atomic E-state index is 0.236. The number of aromatic hydroxyl groups is 4. The van der Waals surface area contributed by atoms with Crippen molar-refractivity contribution in [3.63, 3.8) is 0 Å². The molecule has 0 radical (unpaired) electrons. The minimum Gasteiger partial charge on any atom is -0.508 e. The van der Waals surface area contributed by atoms with Crippen molar-refractivity contribution in [2.24, 2.45) is 0 Å². The molecule has 0 aliphatic heterocycles. The van der Waals surface area contributed by atoms with Crippen LogP contribution in [-0.4, -0.2) is 20.4 Å². The van der Waals surface area contributed by atoms with Crippen LogP contribution in [0.5, 0.6) is 23.0 Å². The highest BCUT2D eigenvalue weighted by Crippen LogP contribution is 2.45. The van der Waals surface area contributed by atoms with Gasteiger partial charge in [0.15, 0.2) is 0 Å². The molecule has 242 valence electrons. The molecule has 0 unspecified atom stereocenters.